The molecule has 1 atom stereocenters. The van der Waals surface area contributed by atoms with E-state index < -0.39 is 0 Å². The van der Waals surface area contributed by atoms with Crippen LogP contribution in [0.4, 0.5) is 0 Å². The average molecular weight is 268 g/mol. The molecule has 1 aromatic heterocycles. The molecule has 0 bridgehead atoms. The van der Waals surface area contributed by atoms with Crippen LogP contribution in [0, 0.1) is 19.8 Å². The number of aryl methyl sites for hydroxylation is 2. The molecule has 0 N–H and O–H groups in total. The van der Waals surface area contributed by atoms with Crippen LogP contribution in [0.2, 0.25) is 0 Å². The van der Waals surface area contributed by atoms with Crippen LogP contribution in [0.25, 0.3) is 5.69 Å². The Bertz CT molecular complexity index is 602. The van der Waals surface area contributed by atoms with E-state index in [0.717, 1.165) is 5.82 Å². The van der Waals surface area contributed by atoms with Gasteiger partial charge in [-0.25, -0.2) is 4.98 Å². The fourth-order valence-corrected chi connectivity index (χ4v) is 2.65. The van der Waals surface area contributed by atoms with Crippen molar-refractivity contribution in [3.63, 3.8) is 0 Å². The van der Waals surface area contributed by atoms with Crippen LogP contribution in [-0.2, 0) is 5.41 Å². The summed E-state index contributed by atoms with van der Waals surface area (Å²) in [5.74, 6) is 1.49. The van der Waals surface area contributed by atoms with Crippen LogP contribution in [0.15, 0.2) is 43.2 Å². The smallest absolute Gasteiger partial charge is 0.123 e. The van der Waals surface area contributed by atoms with Crippen LogP contribution in [0.3, 0.4) is 0 Å². The van der Waals surface area contributed by atoms with Gasteiger partial charge in [0.1, 0.15) is 5.82 Å². The van der Waals surface area contributed by atoms with Gasteiger partial charge in [-0.3, -0.25) is 0 Å². The van der Waals surface area contributed by atoms with Crippen molar-refractivity contribution in [2.75, 3.05) is 0 Å². The standard InChI is InChI=1S/C18H24N2/c1-7-18(6,13(2)3)17-19-11-12-20(17)16-14(4)9-8-10-15(16)5/h7-13H,1H2,2-6H3. The summed E-state index contributed by atoms with van der Waals surface area (Å²) in [5.41, 5.74) is 3.62. The Kier molecular flexibility index (Phi) is 3.85. The number of imidazole rings is 1. The monoisotopic (exact) mass is 268 g/mol. The molecule has 1 aromatic carbocycles. The Hall–Kier alpha value is -1.83. The Morgan fingerprint density at radius 3 is 2.35 bits per heavy atom. The second-order valence-corrected chi connectivity index (χ2v) is 6.00. The molecule has 0 aliphatic carbocycles. The van der Waals surface area contributed by atoms with E-state index in [4.69, 9.17) is 0 Å². The summed E-state index contributed by atoms with van der Waals surface area (Å²) in [6.45, 7) is 15.0. The molecule has 0 saturated carbocycles. The maximum Gasteiger partial charge on any atom is 0.123 e. The van der Waals surface area contributed by atoms with Crippen molar-refractivity contribution in [3.8, 4) is 5.69 Å². The normalized spacial score (nSPS) is 14.3. The molecule has 0 fully saturated rings. The quantitative estimate of drug-likeness (QED) is 0.742. The minimum absolute atomic E-state index is 0.141. The fraction of sp³-hybridized carbons (Fsp3) is 0.389. The van der Waals surface area contributed by atoms with Gasteiger partial charge in [0.2, 0.25) is 0 Å². The predicted octanol–water partition coefficient (Wildman–Crippen LogP) is 4.59. The maximum atomic E-state index is 4.63. The summed E-state index contributed by atoms with van der Waals surface area (Å²) in [6, 6.07) is 6.39. The molecule has 2 rings (SSSR count). The van der Waals surface area contributed by atoms with Crippen molar-refractivity contribution < 1.29 is 0 Å². The van der Waals surface area contributed by atoms with Crippen molar-refractivity contribution in [1.82, 2.24) is 9.55 Å². The van der Waals surface area contributed by atoms with Crippen LogP contribution < -0.4 is 0 Å². The van der Waals surface area contributed by atoms with E-state index in [2.05, 4.69) is 75.1 Å². The van der Waals surface area contributed by atoms with E-state index in [1.807, 2.05) is 12.3 Å². The molecular weight excluding hydrogens is 244 g/mol. The van der Waals surface area contributed by atoms with Crippen LogP contribution in [0.1, 0.15) is 37.7 Å². The third-order valence-electron chi connectivity index (χ3n) is 4.43. The SMILES string of the molecule is C=CC(C)(c1nccn1-c1c(C)cccc1C)C(C)C. The third-order valence-corrected chi connectivity index (χ3v) is 4.43. The van der Waals surface area contributed by atoms with Gasteiger partial charge in [0, 0.05) is 17.8 Å². The third kappa shape index (κ3) is 2.20. The first kappa shape index (κ1) is 14.6. The van der Waals surface area contributed by atoms with Gasteiger partial charge >= 0.3 is 0 Å². The highest BCUT2D eigenvalue weighted by Crippen LogP contribution is 2.34. The molecule has 0 spiro atoms. The second-order valence-electron chi connectivity index (χ2n) is 6.00. The molecule has 2 aromatic rings. The fourth-order valence-electron chi connectivity index (χ4n) is 2.65. The molecule has 1 unspecified atom stereocenters. The Morgan fingerprint density at radius 2 is 1.85 bits per heavy atom. The molecule has 0 saturated heterocycles. The lowest BCUT2D eigenvalue weighted by molar-refractivity contribution is 0.394. The molecule has 0 aliphatic heterocycles. The first-order valence-electron chi connectivity index (χ1n) is 7.15. The summed E-state index contributed by atoms with van der Waals surface area (Å²) in [7, 11) is 0. The van der Waals surface area contributed by atoms with Crippen LogP contribution in [0.5, 0.6) is 0 Å². The van der Waals surface area contributed by atoms with Gasteiger partial charge in [0.25, 0.3) is 0 Å². The van der Waals surface area contributed by atoms with E-state index in [-0.39, 0.29) is 5.41 Å². The first-order chi connectivity index (χ1) is 9.41. The minimum Gasteiger partial charge on any atom is -0.303 e. The maximum absolute atomic E-state index is 4.63. The number of allylic oxidation sites excluding steroid dienone is 1. The number of para-hydroxylation sites is 1. The van der Waals surface area contributed by atoms with Gasteiger partial charge in [-0.2, -0.15) is 0 Å². The Labute approximate surface area is 122 Å². The number of benzene rings is 1. The van der Waals surface area contributed by atoms with Gasteiger partial charge in [0.05, 0.1) is 5.69 Å². The highest BCUT2D eigenvalue weighted by molar-refractivity contribution is 5.48. The molecule has 0 amide bonds. The molecule has 106 valence electrons. The van der Waals surface area contributed by atoms with Gasteiger partial charge < -0.3 is 4.57 Å². The van der Waals surface area contributed by atoms with Gasteiger partial charge in [-0.05, 0) is 37.8 Å². The van der Waals surface area contributed by atoms with Crippen LogP contribution >= 0.6 is 0 Å². The predicted molar refractivity (Wildman–Crippen MR) is 85.4 cm³/mol. The lowest BCUT2D eigenvalue weighted by atomic mass is 9.78. The lowest BCUT2D eigenvalue weighted by Crippen LogP contribution is -2.30. The second kappa shape index (κ2) is 5.28. The topological polar surface area (TPSA) is 17.8 Å². The number of nitrogens with zero attached hydrogens (tertiary/aromatic N) is 2. The molecule has 1 heterocycles. The summed E-state index contributed by atoms with van der Waals surface area (Å²) < 4.78 is 2.21. The Balaban J connectivity index is 2.68. The summed E-state index contributed by atoms with van der Waals surface area (Å²) in [4.78, 5) is 4.63. The van der Waals surface area contributed by atoms with Crippen molar-refractivity contribution in [2.45, 2.75) is 40.0 Å². The lowest BCUT2D eigenvalue weighted by Gasteiger charge is -2.31. The zero-order chi connectivity index (χ0) is 14.9. The summed E-state index contributed by atoms with van der Waals surface area (Å²) in [5, 5.41) is 0. The van der Waals surface area contributed by atoms with E-state index >= 15 is 0 Å². The van der Waals surface area contributed by atoms with E-state index in [1.165, 1.54) is 16.8 Å². The summed E-state index contributed by atoms with van der Waals surface area (Å²) in [6.07, 6.45) is 5.95. The van der Waals surface area contributed by atoms with Gasteiger partial charge in [0.15, 0.2) is 0 Å². The number of rotatable bonds is 4. The van der Waals surface area contributed by atoms with Crippen molar-refractivity contribution >= 4 is 0 Å². The average Bonchev–Trinajstić information content (AvgIpc) is 2.87. The van der Waals surface area contributed by atoms with Crippen molar-refractivity contribution in [1.29, 1.82) is 0 Å². The zero-order valence-corrected chi connectivity index (χ0v) is 13.1. The van der Waals surface area contributed by atoms with Gasteiger partial charge in [-0.15, -0.1) is 6.58 Å². The first-order valence-corrected chi connectivity index (χ1v) is 7.15. The minimum atomic E-state index is -0.141. The number of aromatic nitrogens is 2. The van der Waals surface area contributed by atoms with Crippen molar-refractivity contribution in [3.05, 3.63) is 60.2 Å². The van der Waals surface area contributed by atoms with E-state index in [1.54, 1.807) is 0 Å². The van der Waals surface area contributed by atoms with Crippen LogP contribution in [-0.4, -0.2) is 9.55 Å². The van der Waals surface area contributed by atoms with Crippen molar-refractivity contribution in [2.24, 2.45) is 5.92 Å². The molecule has 2 nitrogen and oxygen atoms in total. The Morgan fingerprint density at radius 1 is 1.25 bits per heavy atom. The zero-order valence-electron chi connectivity index (χ0n) is 13.1. The highest BCUT2D eigenvalue weighted by Gasteiger charge is 2.32. The molecular formula is C18H24N2. The van der Waals surface area contributed by atoms with E-state index in [9.17, 15) is 0 Å². The molecule has 0 aliphatic rings. The molecule has 0 radical (unpaired) electrons. The largest absolute Gasteiger partial charge is 0.303 e. The van der Waals surface area contributed by atoms with Gasteiger partial charge in [-0.1, -0.05) is 38.1 Å². The number of hydrogen-bond donors (Lipinski definition) is 0. The highest BCUT2D eigenvalue weighted by atomic mass is 15.1. The van der Waals surface area contributed by atoms with E-state index in [0.29, 0.717) is 5.92 Å². The number of hydrogen-bond acceptors (Lipinski definition) is 1. The summed E-state index contributed by atoms with van der Waals surface area (Å²) >= 11 is 0. The molecule has 2 heteroatoms. The molecule has 20 heavy (non-hydrogen) atoms.